The minimum atomic E-state index is -1.82. The molecule has 2 aromatic carbocycles. The van der Waals surface area contributed by atoms with Crippen LogP contribution in [0.25, 0.3) is 22.9 Å². The molecule has 3 aromatic rings. The number of aliphatic hydroxyl groups excluding tert-OH is 1. The summed E-state index contributed by atoms with van der Waals surface area (Å²) in [6.07, 6.45) is 4.12. The zero-order valence-corrected chi connectivity index (χ0v) is 20.2. The molecule has 190 valence electrons. The van der Waals surface area contributed by atoms with E-state index in [2.05, 4.69) is 59.2 Å². The lowest BCUT2D eigenvalue weighted by molar-refractivity contribution is -0.159. The molecule has 4 rings (SSSR count). The molecule has 3 N–H and O–H groups in total. The maximum atomic E-state index is 9.10. The van der Waals surface area contributed by atoms with E-state index in [1.165, 1.54) is 10.8 Å². The molecule has 0 saturated carbocycles. The summed E-state index contributed by atoms with van der Waals surface area (Å²) in [6.45, 7) is 7.79. The number of carbonyl (C=O) groups is 2. The lowest BCUT2D eigenvalue weighted by atomic mass is 10.1. The van der Waals surface area contributed by atoms with Crippen molar-refractivity contribution < 1.29 is 29.6 Å². The van der Waals surface area contributed by atoms with E-state index in [1.807, 2.05) is 24.3 Å². The predicted molar refractivity (Wildman–Crippen MR) is 139 cm³/mol. The monoisotopic (exact) mass is 493 g/mol. The van der Waals surface area contributed by atoms with Gasteiger partial charge in [0.1, 0.15) is 18.2 Å². The zero-order chi connectivity index (χ0) is 25.9. The smallest absolute Gasteiger partial charge is 0.414 e. The number of hydrogen-bond acceptors (Lipinski definition) is 7. The SMILES string of the molecule is CCN1CCN(c2nc(/C=C/c3cccc(OCCO)c3)cc3ccccc23)CC1.O=C(O)C(=O)O. The lowest BCUT2D eigenvalue weighted by Crippen LogP contribution is -2.46. The van der Waals surface area contributed by atoms with Crippen LogP contribution in [0.4, 0.5) is 5.82 Å². The average molecular weight is 494 g/mol. The molecule has 1 aromatic heterocycles. The van der Waals surface area contributed by atoms with Gasteiger partial charge in [-0.05, 0) is 41.8 Å². The molecule has 36 heavy (non-hydrogen) atoms. The first-order chi connectivity index (χ1) is 17.4. The fourth-order valence-electron chi connectivity index (χ4n) is 3.86. The summed E-state index contributed by atoms with van der Waals surface area (Å²) in [5.74, 6) is -1.82. The second-order valence-electron chi connectivity index (χ2n) is 8.10. The highest BCUT2D eigenvalue weighted by Gasteiger charge is 2.19. The number of benzene rings is 2. The Labute approximate surface area is 209 Å². The molecular formula is C27H31N3O6. The summed E-state index contributed by atoms with van der Waals surface area (Å²) in [5.41, 5.74) is 1.99. The van der Waals surface area contributed by atoms with Crippen LogP contribution >= 0.6 is 0 Å². The number of aromatic nitrogens is 1. The highest BCUT2D eigenvalue weighted by Crippen LogP contribution is 2.27. The van der Waals surface area contributed by atoms with Gasteiger partial charge in [0.15, 0.2) is 0 Å². The Morgan fingerprint density at radius 2 is 1.69 bits per heavy atom. The Morgan fingerprint density at radius 1 is 0.972 bits per heavy atom. The van der Waals surface area contributed by atoms with Crippen LogP contribution < -0.4 is 9.64 Å². The number of pyridine rings is 1. The normalized spacial score (nSPS) is 13.9. The van der Waals surface area contributed by atoms with Crippen LogP contribution in [0.3, 0.4) is 0 Å². The van der Waals surface area contributed by atoms with Crippen LogP contribution in [0.2, 0.25) is 0 Å². The van der Waals surface area contributed by atoms with Gasteiger partial charge in [-0.1, -0.05) is 49.4 Å². The third-order valence-electron chi connectivity index (χ3n) is 5.71. The van der Waals surface area contributed by atoms with E-state index in [9.17, 15) is 0 Å². The Hall–Kier alpha value is -3.95. The molecule has 9 heteroatoms. The number of rotatable bonds is 7. The van der Waals surface area contributed by atoms with Crippen molar-refractivity contribution in [3.05, 3.63) is 65.9 Å². The molecule has 1 fully saturated rings. The van der Waals surface area contributed by atoms with Crippen molar-refractivity contribution in [3.8, 4) is 5.75 Å². The van der Waals surface area contributed by atoms with Gasteiger partial charge >= 0.3 is 11.9 Å². The third kappa shape index (κ3) is 7.53. The first-order valence-electron chi connectivity index (χ1n) is 11.8. The third-order valence-corrected chi connectivity index (χ3v) is 5.71. The van der Waals surface area contributed by atoms with E-state index in [0.29, 0.717) is 6.61 Å². The highest BCUT2D eigenvalue weighted by molar-refractivity contribution is 6.27. The minimum Gasteiger partial charge on any atom is -0.491 e. The number of aliphatic hydroxyl groups is 1. The van der Waals surface area contributed by atoms with Gasteiger partial charge in [0.05, 0.1) is 12.3 Å². The van der Waals surface area contributed by atoms with Gasteiger partial charge in [0, 0.05) is 31.6 Å². The number of fused-ring (bicyclic) bond motifs is 1. The van der Waals surface area contributed by atoms with Crippen LogP contribution in [0.1, 0.15) is 18.2 Å². The van der Waals surface area contributed by atoms with Crippen molar-refractivity contribution in [2.45, 2.75) is 6.92 Å². The molecule has 0 atom stereocenters. The Morgan fingerprint density at radius 3 is 2.36 bits per heavy atom. The fourth-order valence-corrected chi connectivity index (χ4v) is 3.86. The second-order valence-corrected chi connectivity index (χ2v) is 8.10. The molecule has 0 aliphatic carbocycles. The number of aliphatic carboxylic acids is 2. The van der Waals surface area contributed by atoms with E-state index < -0.39 is 11.9 Å². The molecule has 0 unspecified atom stereocenters. The number of hydrogen-bond donors (Lipinski definition) is 3. The van der Waals surface area contributed by atoms with Crippen molar-refractivity contribution in [3.63, 3.8) is 0 Å². The number of nitrogens with zero attached hydrogens (tertiary/aromatic N) is 3. The van der Waals surface area contributed by atoms with Crippen LogP contribution in [-0.4, -0.2) is 83.1 Å². The van der Waals surface area contributed by atoms with Gasteiger partial charge in [-0.15, -0.1) is 0 Å². The Balaban J connectivity index is 0.000000538. The summed E-state index contributed by atoms with van der Waals surface area (Å²) in [7, 11) is 0. The number of carboxylic acids is 2. The highest BCUT2D eigenvalue weighted by atomic mass is 16.5. The molecule has 0 bridgehead atoms. The fraction of sp³-hybridized carbons (Fsp3) is 0.296. The van der Waals surface area contributed by atoms with E-state index in [-0.39, 0.29) is 6.61 Å². The molecule has 0 amide bonds. The maximum Gasteiger partial charge on any atom is 0.414 e. The summed E-state index contributed by atoms with van der Waals surface area (Å²) in [4.78, 5) is 28.1. The topological polar surface area (TPSA) is 123 Å². The summed E-state index contributed by atoms with van der Waals surface area (Å²) in [5, 5.41) is 26.1. The molecule has 1 saturated heterocycles. The van der Waals surface area contributed by atoms with Gasteiger partial charge in [0.2, 0.25) is 0 Å². The van der Waals surface area contributed by atoms with Crippen molar-refractivity contribution >= 4 is 40.7 Å². The molecular weight excluding hydrogens is 462 g/mol. The number of piperazine rings is 1. The molecule has 0 spiro atoms. The van der Waals surface area contributed by atoms with Gasteiger partial charge in [0.25, 0.3) is 0 Å². The largest absolute Gasteiger partial charge is 0.491 e. The molecule has 1 aliphatic heterocycles. The molecule has 1 aliphatic rings. The van der Waals surface area contributed by atoms with Crippen molar-refractivity contribution in [1.82, 2.24) is 9.88 Å². The van der Waals surface area contributed by atoms with Gasteiger partial charge < -0.3 is 29.9 Å². The standard InChI is InChI=1S/C25H29N3O2.C2H2O4/c1-2-27-12-14-28(15-13-27)25-24-9-4-3-7-21(24)19-22(26-25)11-10-20-6-5-8-23(18-20)30-17-16-29;3-1(4)2(5)6/h3-11,18-19,29H,2,12-17H2,1H3;(H,3,4)(H,5,6)/b11-10+;. The minimum absolute atomic E-state index is 0.0103. The summed E-state index contributed by atoms with van der Waals surface area (Å²) in [6, 6.07) is 18.5. The first kappa shape index (κ1) is 26.7. The molecule has 9 nitrogen and oxygen atoms in total. The van der Waals surface area contributed by atoms with Crippen molar-refractivity contribution in [2.24, 2.45) is 0 Å². The van der Waals surface area contributed by atoms with Gasteiger partial charge in [-0.25, -0.2) is 14.6 Å². The maximum absolute atomic E-state index is 9.10. The van der Waals surface area contributed by atoms with Crippen molar-refractivity contribution in [1.29, 1.82) is 0 Å². The molecule has 2 heterocycles. The van der Waals surface area contributed by atoms with Crippen LogP contribution in [0.5, 0.6) is 5.75 Å². The Bertz CT molecular complexity index is 1190. The van der Waals surface area contributed by atoms with E-state index in [1.54, 1.807) is 0 Å². The number of carboxylic acid groups (broad SMARTS) is 2. The van der Waals surface area contributed by atoms with E-state index in [0.717, 1.165) is 55.5 Å². The average Bonchev–Trinajstić information content (AvgIpc) is 2.91. The number of likely N-dealkylation sites (N-methyl/N-ethyl adjacent to an activating group) is 1. The van der Waals surface area contributed by atoms with E-state index in [4.69, 9.17) is 34.6 Å². The second kappa shape index (κ2) is 13.2. The van der Waals surface area contributed by atoms with E-state index >= 15 is 0 Å². The number of anilines is 1. The lowest BCUT2D eigenvalue weighted by Gasteiger charge is -2.35. The van der Waals surface area contributed by atoms with Crippen molar-refractivity contribution in [2.75, 3.05) is 50.8 Å². The first-order valence-corrected chi connectivity index (χ1v) is 11.8. The van der Waals surface area contributed by atoms with Crippen LogP contribution in [0.15, 0.2) is 54.6 Å². The van der Waals surface area contributed by atoms with Crippen LogP contribution in [-0.2, 0) is 9.59 Å². The van der Waals surface area contributed by atoms with Gasteiger partial charge in [-0.3, -0.25) is 0 Å². The summed E-state index contributed by atoms with van der Waals surface area (Å²) >= 11 is 0. The summed E-state index contributed by atoms with van der Waals surface area (Å²) < 4.78 is 5.51. The van der Waals surface area contributed by atoms with Crippen LogP contribution in [0, 0.1) is 0 Å². The Kier molecular flexibility index (Phi) is 9.79. The van der Waals surface area contributed by atoms with Gasteiger partial charge in [-0.2, -0.15) is 0 Å². The zero-order valence-electron chi connectivity index (χ0n) is 20.2. The quantitative estimate of drug-likeness (QED) is 0.426. The predicted octanol–water partition coefficient (Wildman–Crippen LogP) is 3.07. The molecule has 0 radical (unpaired) electrons. The number of ether oxygens (including phenoxy) is 1.